The summed E-state index contributed by atoms with van der Waals surface area (Å²) in [6, 6.07) is 58.3. The van der Waals surface area contributed by atoms with Gasteiger partial charge in [0.05, 0.1) is 71.8 Å². The summed E-state index contributed by atoms with van der Waals surface area (Å²) in [5.41, 5.74) is 8.64. The van der Waals surface area contributed by atoms with Crippen molar-refractivity contribution in [2.24, 2.45) is 0 Å². The number of nitrogens with zero attached hydrogens (tertiary/aromatic N) is 11. The molecule has 0 aliphatic carbocycles. The van der Waals surface area contributed by atoms with Crippen molar-refractivity contribution in [2.45, 2.75) is 0 Å². The zero-order valence-corrected chi connectivity index (χ0v) is 36.0. The highest BCUT2D eigenvalue weighted by Gasteiger charge is 2.26. The molecule has 0 unspecified atom stereocenters. The summed E-state index contributed by atoms with van der Waals surface area (Å²) in [6.45, 7) is 23.4. The molecule has 8 aromatic carbocycles. The Labute approximate surface area is 395 Å². The second kappa shape index (κ2) is 17.5. The van der Waals surface area contributed by atoms with Crippen LogP contribution in [0.2, 0.25) is 0 Å². The molecule has 0 aliphatic rings. The van der Waals surface area contributed by atoms with E-state index >= 15 is 0 Å². The lowest BCUT2D eigenvalue weighted by atomic mass is 9.88. The van der Waals surface area contributed by atoms with Crippen molar-refractivity contribution < 1.29 is 0 Å². The van der Waals surface area contributed by atoms with Gasteiger partial charge in [0, 0.05) is 60.8 Å². The summed E-state index contributed by atoms with van der Waals surface area (Å²) in [5, 5.41) is 43.5. The molecule has 0 saturated heterocycles. The van der Waals surface area contributed by atoms with Crippen molar-refractivity contribution in [2.75, 3.05) is 0 Å². The molecule has 314 valence electrons. The van der Waals surface area contributed by atoms with Crippen LogP contribution >= 0.6 is 0 Å². The number of nitriles is 4. The minimum atomic E-state index is 0.171. The van der Waals surface area contributed by atoms with E-state index < -0.39 is 0 Å². The summed E-state index contributed by atoms with van der Waals surface area (Å²) < 4.78 is 2.06. The molecule has 0 N–H and O–H groups in total. The Morgan fingerprint density at radius 1 is 0.406 bits per heavy atom. The van der Waals surface area contributed by atoms with Crippen molar-refractivity contribution in [3.63, 3.8) is 0 Å². The molecule has 0 saturated carbocycles. The summed E-state index contributed by atoms with van der Waals surface area (Å²) in [6.07, 6.45) is 0. The van der Waals surface area contributed by atoms with Crippen LogP contribution in [0.5, 0.6) is 0 Å². The Morgan fingerprint density at radius 3 is 1.55 bits per heavy atom. The first kappa shape index (κ1) is 42.0. The Hall–Kier alpha value is -11.0. The maximum absolute atomic E-state index is 10.8. The van der Waals surface area contributed by atoms with Gasteiger partial charge in [-0.05, 0) is 65.7 Å². The molecule has 10 aromatic rings. The van der Waals surface area contributed by atoms with Crippen LogP contribution in [-0.4, -0.2) is 19.5 Å². The number of para-hydroxylation sites is 1. The van der Waals surface area contributed by atoms with Gasteiger partial charge in [0.2, 0.25) is 0 Å². The number of hydrogen-bond donors (Lipinski definition) is 0. The normalized spacial score (nSPS) is 10.5. The fraction of sp³-hybridized carbons (Fsp3) is 0. The van der Waals surface area contributed by atoms with E-state index in [-0.39, 0.29) is 39.3 Å². The Bertz CT molecular complexity index is 3910. The minimum Gasteiger partial charge on any atom is -0.308 e. The summed E-state index contributed by atoms with van der Waals surface area (Å²) >= 11 is 0. The van der Waals surface area contributed by atoms with Crippen molar-refractivity contribution in [1.82, 2.24) is 19.5 Å². The SMILES string of the molecule is [C-]#[N+]c1ccc(-c2cc(-c3nc(-c4ccccc4)nc(-c4ccccc4)n3)cc(-c3ccc(C#N)cc3C#N)c2-n2c3ccccc3c3cc(-c4c(C#N)cc([N+]#[C-])cc4[N+]#[C-])ccc32)c(C#N)c1. The van der Waals surface area contributed by atoms with Gasteiger partial charge < -0.3 is 4.57 Å². The smallest absolute Gasteiger partial charge is 0.188 e. The lowest BCUT2D eigenvalue weighted by Crippen LogP contribution is -2.05. The lowest BCUT2D eigenvalue weighted by molar-refractivity contribution is 1.07. The van der Waals surface area contributed by atoms with Gasteiger partial charge in [0.15, 0.2) is 34.5 Å². The molecule has 11 nitrogen and oxygen atoms in total. The van der Waals surface area contributed by atoms with Gasteiger partial charge in [0.25, 0.3) is 0 Å². The standard InChI is InChI=1S/C58H27N11/c1-63-43-20-22-46(41(25-43)33-61)50-29-39(58-67-56(36-12-6-4-7-13-36)66-57(68-58)37-14-8-5-9-15-37)28-49(45-21-18-35(31-59)24-40(45)32-60)55(50)69-52-17-11-10-16-47(52)48-27-38(19-23-53(48)69)54-42(34-62)26-44(64-2)30-51(54)65-3/h4-30H. The first-order valence-corrected chi connectivity index (χ1v) is 21.2. The summed E-state index contributed by atoms with van der Waals surface area (Å²) in [7, 11) is 0. The predicted octanol–water partition coefficient (Wildman–Crippen LogP) is 14.1. The van der Waals surface area contributed by atoms with E-state index in [1.54, 1.807) is 36.4 Å². The van der Waals surface area contributed by atoms with E-state index in [1.807, 2.05) is 115 Å². The molecule has 0 fully saturated rings. The topological polar surface area (TPSA) is 152 Å². The van der Waals surface area contributed by atoms with Crippen LogP contribution in [0.15, 0.2) is 164 Å². The maximum Gasteiger partial charge on any atom is 0.188 e. The molecule has 0 atom stereocenters. The summed E-state index contributed by atoms with van der Waals surface area (Å²) in [4.78, 5) is 25.9. The van der Waals surface area contributed by atoms with Crippen LogP contribution in [-0.2, 0) is 0 Å². The van der Waals surface area contributed by atoms with Crippen LogP contribution in [0.25, 0.3) is 110 Å². The number of aromatic nitrogens is 4. The van der Waals surface area contributed by atoms with Gasteiger partial charge in [-0.3, -0.25) is 0 Å². The third-order valence-electron chi connectivity index (χ3n) is 11.8. The fourth-order valence-corrected chi connectivity index (χ4v) is 8.75. The first-order valence-electron chi connectivity index (χ1n) is 21.2. The quantitative estimate of drug-likeness (QED) is 0.144. The number of rotatable bonds is 7. The molecule has 0 spiro atoms. The molecule has 0 aliphatic heterocycles. The number of benzene rings is 8. The van der Waals surface area contributed by atoms with Gasteiger partial charge >= 0.3 is 0 Å². The fourth-order valence-electron chi connectivity index (χ4n) is 8.75. The van der Waals surface area contributed by atoms with E-state index in [0.29, 0.717) is 67.6 Å². The molecule has 0 bridgehead atoms. The minimum absolute atomic E-state index is 0.171. The van der Waals surface area contributed by atoms with Gasteiger partial charge in [-0.15, -0.1) is 0 Å². The molecular weight excluding hydrogens is 851 g/mol. The number of fused-ring (bicyclic) bond motifs is 3. The second-order valence-corrected chi connectivity index (χ2v) is 15.7. The number of hydrogen-bond acceptors (Lipinski definition) is 7. The molecule has 69 heavy (non-hydrogen) atoms. The highest BCUT2D eigenvalue weighted by Crippen LogP contribution is 2.47. The highest BCUT2D eigenvalue weighted by atomic mass is 15.0. The summed E-state index contributed by atoms with van der Waals surface area (Å²) in [5.74, 6) is 1.15. The monoisotopic (exact) mass is 877 g/mol. The van der Waals surface area contributed by atoms with E-state index in [1.165, 1.54) is 12.1 Å². The molecular formula is C58H27N11. The Morgan fingerprint density at radius 2 is 0.957 bits per heavy atom. The van der Waals surface area contributed by atoms with Crippen molar-refractivity contribution in [3.05, 3.63) is 220 Å². The van der Waals surface area contributed by atoms with Crippen LogP contribution < -0.4 is 0 Å². The largest absolute Gasteiger partial charge is 0.308 e. The van der Waals surface area contributed by atoms with Gasteiger partial charge in [-0.1, -0.05) is 109 Å². The molecule has 2 aromatic heterocycles. The van der Waals surface area contributed by atoms with E-state index in [9.17, 15) is 21.0 Å². The van der Waals surface area contributed by atoms with Gasteiger partial charge in [-0.2, -0.15) is 21.0 Å². The van der Waals surface area contributed by atoms with Crippen LogP contribution in [0.4, 0.5) is 17.1 Å². The highest BCUT2D eigenvalue weighted by molar-refractivity contribution is 6.12. The van der Waals surface area contributed by atoms with Crippen molar-refractivity contribution >= 4 is 38.9 Å². The molecule has 0 radical (unpaired) electrons. The molecule has 0 amide bonds. The van der Waals surface area contributed by atoms with Crippen molar-refractivity contribution in [3.8, 4) is 97.5 Å². The zero-order chi connectivity index (χ0) is 47.6. The van der Waals surface area contributed by atoms with Crippen LogP contribution in [0, 0.1) is 65.0 Å². The lowest BCUT2D eigenvalue weighted by Gasteiger charge is -2.22. The zero-order valence-electron chi connectivity index (χ0n) is 36.0. The van der Waals surface area contributed by atoms with E-state index in [4.69, 9.17) is 34.7 Å². The van der Waals surface area contributed by atoms with Crippen LogP contribution in [0.3, 0.4) is 0 Å². The average molecular weight is 878 g/mol. The maximum atomic E-state index is 10.8. The third-order valence-corrected chi connectivity index (χ3v) is 11.8. The van der Waals surface area contributed by atoms with Crippen molar-refractivity contribution in [1.29, 1.82) is 21.0 Å². The Balaban J connectivity index is 1.37. The van der Waals surface area contributed by atoms with Gasteiger partial charge in [-0.25, -0.2) is 29.5 Å². The van der Waals surface area contributed by atoms with E-state index in [2.05, 4.69) is 43.4 Å². The molecule has 11 heteroatoms. The Kier molecular flexibility index (Phi) is 10.7. The molecule has 10 rings (SSSR count). The van der Waals surface area contributed by atoms with E-state index in [0.717, 1.165) is 27.4 Å². The first-order chi connectivity index (χ1) is 33.9. The average Bonchev–Trinajstić information content (AvgIpc) is 3.75. The second-order valence-electron chi connectivity index (χ2n) is 15.7. The predicted molar refractivity (Wildman–Crippen MR) is 264 cm³/mol. The van der Waals surface area contributed by atoms with Crippen LogP contribution in [0.1, 0.15) is 22.3 Å². The third kappa shape index (κ3) is 7.37. The van der Waals surface area contributed by atoms with Gasteiger partial charge in [0.1, 0.15) is 0 Å². The molecule has 2 heterocycles.